The summed E-state index contributed by atoms with van der Waals surface area (Å²) in [4.78, 5) is 11.3. The molecule has 0 saturated heterocycles. The number of nitrogen functional groups attached to an aromatic ring is 1. The summed E-state index contributed by atoms with van der Waals surface area (Å²) in [5, 5.41) is 1.14. The molecule has 0 bridgehead atoms. The lowest BCUT2D eigenvalue weighted by molar-refractivity contribution is 0.209. The summed E-state index contributed by atoms with van der Waals surface area (Å²) in [6.07, 6.45) is 3.91. The van der Waals surface area contributed by atoms with Gasteiger partial charge in [-0.05, 0) is 12.1 Å². The Balaban J connectivity index is 1.61. The SMILES string of the molecule is Nc1nc2ccccc2cc1CN1CCn2ccnc2C1. The highest BCUT2D eigenvalue weighted by molar-refractivity contribution is 5.81. The van der Waals surface area contributed by atoms with Gasteiger partial charge >= 0.3 is 0 Å². The van der Waals surface area contributed by atoms with E-state index in [2.05, 4.69) is 31.6 Å². The number of aromatic nitrogens is 3. The van der Waals surface area contributed by atoms with Crippen LogP contribution in [0, 0.1) is 0 Å². The van der Waals surface area contributed by atoms with Gasteiger partial charge in [-0.15, -0.1) is 0 Å². The average molecular weight is 279 g/mol. The maximum Gasteiger partial charge on any atom is 0.128 e. The smallest absolute Gasteiger partial charge is 0.128 e. The van der Waals surface area contributed by atoms with Crippen molar-refractivity contribution in [2.24, 2.45) is 0 Å². The number of benzene rings is 1. The molecule has 0 spiro atoms. The molecular formula is C16H17N5. The lowest BCUT2D eigenvalue weighted by Crippen LogP contribution is -2.33. The second-order valence-corrected chi connectivity index (χ2v) is 5.47. The van der Waals surface area contributed by atoms with Crippen molar-refractivity contribution in [1.82, 2.24) is 19.4 Å². The van der Waals surface area contributed by atoms with E-state index in [0.717, 1.165) is 48.5 Å². The Kier molecular flexibility index (Phi) is 2.86. The van der Waals surface area contributed by atoms with Crippen LogP contribution >= 0.6 is 0 Å². The minimum Gasteiger partial charge on any atom is -0.383 e. The first-order valence-electron chi connectivity index (χ1n) is 7.16. The molecule has 0 aliphatic carbocycles. The number of nitrogens with zero attached hydrogens (tertiary/aromatic N) is 4. The first-order chi connectivity index (χ1) is 10.3. The summed E-state index contributed by atoms with van der Waals surface area (Å²) < 4.78 is 2.21. The lowest BCUT2D eigenvalue weighted by Gasteiger charge is -2.27. The molecule has 2 N–H and O–H groups in total. The molecule has 106 valence electrons. The minimum atomic E-state index is 0.627. The highest BCUT2D eigenvalue weighted by atomic mass is 15.2. The van der Waals surface area contributed by atoms with E-state index in [0.29, 0.717) is 5.82 Å². The number of nitrogens with two attached hydrogens (primary N) is 1. The highest BCUT2D eigenvalue weighted by Gasteiger charge is 2.17. The molecule has 3 aromatic rings. The summed E-state index contributed by atoms with van der Waals surface area (Å²) in [6, 6.07) is 10.2. The van der Waals surface area contributed by atoms with Crippen molar-refractivity contribution in [3.05, 3.63) is 54.1 Å². The average Bonchev–Trinajstić information content (AvgIpc) is 2.95. The first kappa shape index (κ1) is 12.3. The molecule has 0 saturated carbocycles. The van der Waals surface area contributed by atoms with E-state index in [1.165, 1.54) is 0 Å². The van der Waals surface area contributed by atoms with Gasteiger partial charge in [0.1, 0.15) is 11.6 Å². The zero-order valence-corrected chi connectivity index (χ0v) is 11.7. The van der Waals surface area contributed by atoms with Gasteiger partial charge in [0.15, 0.2) is 0 Å². The van der Waals surface area contributed by atoms with E-state index < -0.39 is 0 Å². The van der Waals surface area contributed by atoms with Crippen molar-refractivity contribution in [1.29, 1.82) is 0 Å². The Hall–Kier alpha value is -2.40. The second kappa shape index (κ2) is 4.86. The fraction of sp³-hybridized carbons (Fsp3) is 0.250. The predicted molar refractivity (Wildman–Crippen MR) is 82.5 cm³/mol. The Bertz CT molecular complexity index is 792. The summed E-state index contributed by atoms with van der Waals surface area (Å²) in [6.45, 7) is 3.67. The third-order valence-corrected chi connectivity index (χ3v) is 4.05. The van der Waals surface area contributed by atoms with Crippen molar-refractivity contribution in [3.8, 4) is 0 Å². The number of fused-ring (bicyclic) bond motifs is 2. The maximum absolute atomic E-state index is 6.12. The Labute approximate surface area is 123 Å². The van der Waals surface area contributed by atoms with Crippen LogP contribution in [-0.2, 0) is 19.6 Å². The number of anilines is 1. The molecule has 0 fully saturated rings. The van der Waals surface area contributed by atoms with Crippen molar-refractivity contribution in [2.75, 3.05) is 12.3 Å². The van der Waals surface area contributed by atoms with E-state index in [1.807, 2.05) is 30.6 Å². The number of para-hydroxylation sites is 1. The van der Waals surface area contributed by atoms with Gasteiger partial charge in [0, 0.05) is 43.0 Å². The normalized spacial score (nSPS) is 15.2. The van der Waals surface area contributed by atoms with Gasteiger partial charge in [-0.25, -0.2) is 9.97 Å². The summed E-state index contributed by atoms with van der Waals surface area (Å²) >= 11 is 0. The van der Waals surface area contributed by atoms with Gasteiger partial charge in [-0.1, -0.05) is 18.2 Å². The maximum atomic E-state index is 6.12. The monoisotopic (exact) mass is 279 g/mol. The fourth-order valence-electron chi connectivity index (χ4n) is 2.90. The summed E-state index contributed by atoms with van der Waals surface area (Å²) in [5.74, 6) is 1.75. The molecule has 0 radical (unpaired) electrons. The molecule has 1 aliphatic heterocycles. The van der Waals surface area contributed by atoms with Gasteiger partial charge < -0.3 is 10.3 Å². The quantitative estimate of drug-likeness (QED) is 0.779. The van der Waals surface area contributed by atoms with Gasteiger partial charge in [-0.3, -0.25) is 4.90 Å². The van der Waals surface area contributed by atoms with Gasteiger partial charge in [0.2, 0.25) is 0 Å². The van der Waals surface area contributed by atoms with Crippen molar-refractivity contribution < 1.29 is 0 Å². The van der Waals surface area contributed by atoms with Gasteiger partial charge in [-0.2, -0.15) is 0 Å². The van der Waals surface area contributed by atoms with Gasteiger partial charge in [0.25, 0.3) is 0 Å². The summed E-state index contributed by atoms with van der Waals surface area (Å²) in [7, 11) is 0. The third kappa shape index (κ3) is 2.25. The molecule has 0 amide bonds. The van der Waals surface area contributed by atoms with Crippen LogP contribution in [0.2, 0.25) is 0 Å². The zero-order valence-electron chi connectivity index (χ0n) is 11.7. The zero-order chi connectivity index (χ0) is 14.2. The number of hydrogen-bond acceptors (Lipinski definition) is 4. The number of rotatable bonds is 2. The van der Waals surface area contributed by atoms with Crippen LogP contribution in [0.3, 0.4) is 0 Å². The van der Waals surface area contributed by atoms with Crippen molar-refractivity contribution in [3.63, 3.8) is 0 Å². The molecule has 1 aliphatic rings. The van der Waals surface area contributed by atoms with Crippen LogP contribution in [0.15, 0.2) is 42.7 Å². The molecule has 4 rings (SSSR count). The van der Waals surface area contributed by atoms with E-state index in [1.54, 1.807) is 0 Å². The van der Waals surface area contributed by atoms with Crippen LogP contribution in [0.5, 0.6) is 0 Å². The first-order valence-corrected chi connectivity index (χ1v) is 7.16. The van der Waals surface area contributed by atoms with Crippen LogP contribution in [0.25, 0.3) is 10.9 Å². The molecule has 2 aromatic heterocycles. The summed E-state index contributed by atoms with van der Waals surface area (Å²) in [5.41, 5.74) is 8.16. The van der Waals surface area contributed by atoms with E-state index >= 15 is 0 Å². The van der Waals surface area contributed by atoms with E-state index in [-0.39, 0.29) is 0 Å². The van der Waals surface area contributed by atoms with Gasteiger partial charge in [0.05, 0.1) is 12.1 Å². The van der Waals surface area contributed by atoms with Crippen LogP contribution in [0.4, 0.5) is 5.82 Å². The lowest BCUT2D eigenvalue weighted by atomic mass is 10.1. The highest BCUT2D eigenvalue weighted by Crippen LogP contribution is 2.21. The molecule has 0 atom stereocenters. The molecular weight excluding hydrogens is 262 g/mol. The van der Waals surface area contributed by atoms with Crippen LogP contribution in [-0.4, -0.2) is 26.0 Å². The molecule has 1 aromatic carbocycles. The molecule has 0 unspecified atom stereocenters. The topological polar surface area (TPSA) is 60.0 Å². The van der Waals surface area contributed by atoms with Crippen molar-refractivity contribution >= 4 is 16.7 Å². The molecule has 5 nitrogen and oxygen atoms in total. The molecule has 5 heteroatoms. The number of imidazole rings is 1. The number of pyridine rings is 1. The van der Waals surface area contributed by atoms with Crippen molar-refractivity contribution in [2.45, 2.75) is 19.6 Å². The Morgan fingerprint density at radius 2 is 2.10 bits per heavy atom. The largest absolute Gasteiger partial charge is 0.383 e. The predicted octanol–water partition coefficient (Wildman–Crippen LogP) is 2.03. The Morgan fingerprint density at radius 3 is 3.05 bits per heavy atom. The second-order valence-electron chi connectivity index (χ2n) is 5.47. The van der Waals surface area contributed by atoms with Crippen LogP contribution in [0.1, 0.15) is 11.4 Å². The van der Waals surface area contributed by atoms with Crippen LogP contribution < -0.4 is 5.73 Å². The third-order valence-electron chi connectivity index (χ3n) is 4.05. The Morgan fingerprint density at radius 1 is 1.19 bits per heavy atom. The minimum absolute atomic E-state index is 0.627. The van der Waals surface area contributed by atoms with E-state index in [4.69, 9.17) is 5.73 Å². The van der Waals surface area contributed by atoms with E-state index in [9.17, 15) is 0 Å². The standard InChI is InChI=1S/C16H17N5/c17-16-13(9-12-3-1-2-4-14(12)19-16)10-20-7-8-21-6-5-18-15(21)11-20/h1-6,9H,7-8,10-11H2,(H2,17,19). The molecule has 3 heterocycles. The fourth-order valence-corrected chi connectivity index (χ4v) is 2.90. The number of hydrogen-bond donors (Lipinski definition) is 1. The molecule has 21 heavy (non-hydrogen) atoms.